The average molecular weight is 410 g/mol. The van der Waals surface area contributed by atoms with Crippen LogP contribution in [0.25, 0.3) is 4.96 Å². The quantitative estimate of drug-likeness (QED) is 0.649. The van der Waals surface area contributed by atoms with Gasteiger partial charge in [0.05, 0.1) is 17.7 Å². The molecule has 150 valence electrons. The maximum Gasteiger partial charge on any atom is 0.258 e. The number of carbonyl (C=O) groups is 1. The topological polar surface area (TPSA) is 63.9 Å². The molecule has 3 aromatic rings. The fraction of sp³-hybridized carbons (Fsp3) is 0.409. The molecule has 1 unspecified atom stereocenters. The molecule has 2 aliphatic heterocycles. The summed E-state index contributed by atoms with van der Waals surface area (Å²) < 4.78 is 7.99. The van der Waals surface area contributed by atoms with Gasteiger partial charge in [0.25, 0.3) is 5.56 Å². The Hall–Kier alpha value is -2.51. The van der Waals surface area contributed by atoms with Crippen molar-refractivity contribution < 1.29 is 9.53 Å². The van der Waals surface area contributed by atoms with Crippen LogP contribution in [-0.2, 0) is 6.54 Å². The van der Waals surface area contributed by atoms with Gasteiger partial charge in [0.2, 0.25) is 0 Å². The standard InChI is InChI=1S/C22H23N3O3S/c1-15-13-25-20(27)11-16(23-21(25)29-15)14-24-9-4-7-22(8-10-24)12-18(26)17-5-2-3-6-19(17)28-22/h2-3,5-6,11,13H,4,7-10,12,14H2,1H3. The van der Waals surface area contributed by atoms with Crippen LogP contribution in [0.15, 0.2) is 41.3 Å². The average Bonchev–Trinajstić information content (AvgIpc) is 2.97. The first kappa shape index (κ1) is 18.5. The molecule has 0 radical (unpaired) electrons. The van der Waals surface area contributed by atoms with Crippen LogP contribution in [0.5, 0.6) is 5.75 Å². The van der Waals surface area contributed by atoms with Crippen LogP contribution in [0.4, 0.5) is 0 Å². The Morgan fingerprint density at radius 1 is 1.21 bits per heavy atom. The summed E-state index contributed by atoms with van der Waals surface area (Å²) in [5.41, 5.74) is 1.06. The lowest BCUT2D eigenvalue weighted by Crippen LogP contribution is -2.42. The number of Topliss-reactive ketones (excluding diaryl/α,β-unsaturated/α-hetero) is 1. The fourth-order valence-electron chi connectivity index (χ4n) is 4.47. The zero-order valence-corrected chi connectivity index (χ0v) is 17.2. The molecule has 1 spiro atoms. The summed E-state index contributed by atoms with van der Waals surface area (Å²) in [4.78, 5) is 33.9. The molecule has 4 heterocycles. The smallest absolute Gasteiger partial charge is 0.258 e. The number of thiazole rings is 1. The monoisotopic (exact) mass is 409 g/mol. The molecule has 0 amide bonds. The highest BCUT2D eigenvalue weighted by Crippen LogP contribution is 2.39. The number of hydrogen-bond donors (Lipinski definition) is 0. The Balaban J connectivity index is 1.33. The van der Waals surface area contributed by atoms with E-state index in [2.05, 4.69) is 9.88 Å². The first-order valence-electron chi connectivity index (χ1n) is 10.0. The summed E-state index contributed by atoms with van der Waals surface area (Å²) >= 11 is 1.53. The second-order valence-electron chi connectivity index (χ2n) is 8.09. The molecule has 6 nitrogen and oxygen atoms in total. The number of aromatic nitrogens is 2. The van der Waals surface area contributed by atoms with Gasteiger partial charge in [-0.25, -0.2) is 4.98 Å². The summed E-state index contributed by atoms with van der Waals surface area (Å²) in [6, 6.07) is 9.18. The number of hydrogen-bond acceptors (Lipinski definition) is 6. The molecule has 1 atom stereocenters. The number of aryl methyl sites for hydroxylation is 1. The van der Waals surface area contributed by atoms with Crippen molar-refractivity contribution in [2.75, 3.05) is 13.1 Å². The minimum Gasteiger partial charge on any atom is -0.486 e. The van der Waals surface area contributed by atoms with Crippen LogP contribution in [0, 0.1) is 6.92 Å². The molecule has 2 aromatic heterocycles. The van der Waals surface area contributed by atoms with Gasteiger partial charge in [0.1, 0.15) is 11.4 Å². The number of fused-ring (bicyclic) bond motifs is 2. The van der Waals surface area contributed by atoms with Gasteiger partial charge >= 0.3 is 0 Å². The second kappa shape index (κ2) is 7.07. The molecule has 5 rings (SSSR count). The van der Waals surface area contributed by atoms with Gasteiger partial charge in [0, 0.05) is 36.7 Å². The van der Waals surface area contributed by atoms with Crippen molar-refractivity contribution >= 4 is 22.1 Å². The van der Waals surface area contributed by atoms with Gasteiger partial charge < -0.3 is 4.74 Å². The lowest BCUT2D eigenvalue weighted by molar-refractivity contribution is 0.0298. The van der Waals surface area contributed by atoms with Gasteiger partial charge in [0.15, 0.2) is 10.7 Å². The van der Waals surface area contributed by atoms with Gasteiger partial charge in [-0.1, -0.05) is 12.1 Å². The van der Waals surface area contributed by atoms with E-state index in [-0.39, 0.29) is 11.3 Å². The van der Waals surface area contributed by atoms with Crippen molar-refractivity contribution in [2.24, 2.45) is 0 Å². The van der Waals surface area contributed by atoms with Crippen molar-refractivity contribution in [1.82, 2.24) is 14.3 Å². The molecule has 1 saturated heterocycles. The first-order chi connectivity index (χ1) is 14.0. The van der Waals surface area contributed by atoms with Gasteiger partial charge in [-0.3, -0.25) is 18.9 Å². The third-order valence-corrected chi connectivity index (χ3v) is 6.81. The van der Waals surface area contributed by atoms with Crippen LogP contribution in [0.3, 0.4) is 0 Å². The SMILES string of the molecule is Cc1cn2c(=O)cc(CN3CCCC4(CC3)CC(=O)c3ccccc3O4)nc2s1. The summed E-state index contributed by atoms with van der Waals surface area (Å²) in [5, 5.41) is 0. The molecule has 7 heteroatoms. The third-order valence-electron chi connectivity index (χ3n) is 5.91. The lowest BCUT2D eigenvalue weighted by Gasteiger charge is -2.37. The zero-order chi connectivity index (χ0) is 20.0. The summed E-state index contributed by atoms with van der Waals surface area (Å²) in [6.45, 7) is 4.35. The minimum absolute atomic E-state index is 0.0292. The van der Waals surface area contributed by atoms with Crippen LogP contribution >= 0.6 is 11.3 Å². The normalized spacial score (nSPS) is 22.4. The van der Waals surface area contributed by atoms with E-state index in [1.54, 1.807) is 10.5 Å². The minimum atomic E-state index is -0.415. The van der Waals surface area contributed by atoms with Crippen LogP contribution < -0.4 is 10.3 Å². The number of likely N-dealkylation sites (tertiary alicyclic amines) is 1. The maximum absolute atomic E-state index is 12.7. The Morgan fingerprint density at radius 3 is 2.97 bits per heavy atom. The Labute approximate surface area is 172 Å². The first-order valence-corrected chi connectivity index (χ1v) is 10.9. The van der Waals surface area contributed by atoms with E-state index in [4.69, 9.17) is 4.74 Å². The van der Waals surface area contributed by atoms with E-state index < -0.39 is 5.60 Å². The van der Waals surface area contributed by atoms with E-state index in [1.165, 1.54) is 11.3 Å². The second-order valence-corrected chi connectivity index (χ2v) is 9.30. The number of ether oxygens (including phenoxy) is 1. The zero-order valence-electron chi connectivity index (χ0n) is 16.4. The number of rotatable bonds is 2. The largest absolute Gasteiger partial charge is 0.486 e. The van der Waals surface area contributed by atoms with Gasteiger partial charge in [-0.05, 0) is 38.4 Å². The fourth-order valence-corrected chi connectivity index (χ4v) is 5.32. The third kappa shape index (κ3) is 3.49. The number of carbonyl (C=O) groups excluding carboxylic acids is 1. The van der Waals surface area contributed by atoms with E-state index in [9.17, 15) is 9.59 Å². The van der Waals surface area contributed by atoms with Gasteiger partial charge in [-0.15, -0.1) is 11.3 Å². The molecule has 0 aliphatic carbocycles. The van der Waals surface area contributed by atoms with E-state index in [0.717, 1.165) is 47.9 Å². The molecular weight excluding hydrogens is 386 g/mol. The number of para-hydroxylation sites is 1. The van der Waals surface area contributed by atoms with Crippen molar-refractivity contribution in [3.8, 4) is 5.75 Å². The van der Waals surface area contributed by atoms with Crippen molar-refractivity contribution in [2.45, 2.75) is 44.8 Å². The lowest BCUT2D eigenvalue weighted by atomic mass is 9.84. The van der Waals surface area contributed by atoms with E-state index >= 15 is 0 Å². The molecule has 0 N–H and O–H groups in total. The molecular formula is C22H23N3O3S. The highest BCUT2D eigenvalue weighted by molar-refractivity contribution is 7.16. The number of ketones is 1. The Kier molecular flexibility index (Phi) is 4.52. The van der Waals surface area contributed by atoms with E-state index in [0.29, 0.717) is 24.3 Å². The predicted octanol–water partition coefficient (Wildman–Crippen LogP) is 3.45. The van der Waals surface area contributed by atoms with Gasteiger partial charge in [-0.2, -0.15) is 0 Å². The molecule has 29 heavy (non-hydrogen) atoms. The molecule has 0 bridgehead atoms. The van der Waals surface area contributed by atoms with E-state index in [1.807, 2.05) is 37.4 Å². The maximum atomic E-state index is 12.7. The van der Waals surface area contributed by atoms with Crippen LogP contribution in [0.1, 0.15) is 46.6 Å². The number of nitrogens with zero attached hydrogens (tertiary/aromatic N) is 3. The van der Waals surface area contributed by atoms with Crippen LogP contribution in [-0.4, -0.2) is 38.8 Å². The highest BCUT2D eigenvalue weighted by atomic mass is 32.1. The molecule has 0 saturated carbocycles. The summed E-state index contributed by atoms with van der Waals surface area (Å²) in [5.74, 6) is 0.888. The molecule has 1 fully saturated rings. The predicted molar refractivity (Wildman–Crippen MR) is 112 cm³/mol. The Bertz CT molecular complexity index is 1150. The van der Waals surface area contributed by atoms with Crippen LogP contribution in [0.2, 0.25) is 0 Å². The van der Waals surface area contributed by atoms with Crippen molar-refractivity contribution in [1.29, 1.82) is 0 Å². The highest BCUT2D eigenvalue weighted by Gasteiger charge is 2.41. The number of benzene rings is 1. The van der Waals surface area contributed by atoms with Crippen molar-refractivity contribution in [3.63, 3.8) is 0 Å². The summed E-state index contributed by atoms with van der Waals surface area (Å²) in [7, 11) is 0. The van der Waals surface area contributed by atoms with Crippen molar-refractivity contribution in [3.05, 3.63) is 63.0 Å². The molecule has 1 aromatic carbocycles. The molecule has 2 aliphatic rings. The Morgan fingerprint density at radius 2 is 2.07 bits per heavy atom. The summed E-state index contributed by atoms with van der Waals surface area (Å²) in [6.07, 6.45) is 4.89.